The van der Waals surface area contributed by atoms with E-state index in [2.05, 4.69) is 32.9 Å². The molecule has 20 heavy (non-hydrogen) atoms. The quantitative estimate of drug-likeness (QED) is 0.914. The minimum absolute atomic E-state index is 0.304. The van der Waals surface area contributed by atoms with Gasteiger partial charge in [-0.15, -0.1) is 0 Å². The third-order valence-corrected chi connectivity index (χ3v) is 4.71. The van der Waals surface area contributed by atoms with Crippen molar-refractivity contribution in [2.75, 3.05) is 25.9 Å². The molecule has 0 saturated carbocycles. The summed E-state index contributed by atoms with van der Waals surface area (Å²) in [6.45, 7) is 3.10. The van der Waals surface area contributed by atoms with E-state index in [-0.39, 0.29) is 5.82 Å². The molecule has 108 valence electrons. The smallest absolute Gasteiger partial charge is 0.201 e. The number of benzene rings is 1. The lowest BCUT2D eigenvalue weighted by atomic mass is 9.97. The number of rotatable bonds is 2. The third kappa shape index (κ3) is 2.54. The highest BCUT2D eigenvalue weighted by Crippen LogP contribution is 2.27. The Kier molecular flexibility index (Phi) is 3.69. The number of halogens is 2. The topological polar surface area (TPSA) is 47.1 Å². The van der Waals surface area contributed by atoms with Gasteiger partial charge in [-0.05, 0) is 60.9 Å². The molecular weight excluding hydrogens is 323 g/mol. The van der Waals surface area contributed by atoms with Crippen molar-refractivity contribution in [2.24, 2.45) is 5.92 Å². The van der Waals surface area contributed by atoms with Gasteiger partial charge in [0.15, 0.2) is 0 Å². The van der Waals surface area contributed by atoms with E-state index in [0.29, 0.717) is 21.9 Å². The zero-order valence-electron chi connectivity index (χ0n) is 11.4. The average Bonchev–Trinajstić information content (AvgIpc) is 2.69. The summed E-state index contributed by atoms with van der Waals surface area (Å²) < 4.78 is 16.0. The van der Waals surface area contributed by atoms with E-state index in [0.717, 1.165) is 38.0 Å². The number of nitrogen functional groups attached to an aromatic ring is 1. The van der Waals surface area contributed by atoms with Crippen LogP contribution >= 0.6 is 15.9 Å². The van der Waals surface area contributed by atoms with E-state index in [1.807, 2.05) is 4.57 Å². The van der Waals surface area contributed by atoms with Crippen LogP contribution in [0.4, 0.5) is 10.3 Å². The van der Waals surface area contributed by atoms with Crippen molar-refractivity contribution in [3.63, 3.8) is 0 Å². The fraction of sp³-hybridized carbons (Fsp3) is 0.500. The normalized spacial score (nSPS) is 17.9. The number of anilines is 1. The van der Waals surface area contributed by atoms with Gasteiger partial charge in [-0.1, -0.05) is 0 Å². The number of aromatic nitrogens is 2. The van der Waals surface area contributed by atoms with E-state index in [1.165, 1.54) is 6.07 Å². The summed E-state index contributed by atoms with van der Waals surface area (Å²) in [4.78, 5) is 6.61. The number of likely N-dealkylation sites (tertiary alicyclic amines) is 1. The van der Waals surface area contributed by atoms with E-state index in [1.54, 1.807) is 6.07 Å². The monoisotopic (exact) mass is 340 g/mol. The fourth-order valence-corrected chi connectivity index (χ4v) is 3.16. The number of hydrogen-bond acceptors (Lipinski definition) is 3. The van der Waals surface area contributed by atoms with Gasteiger partial charge >= 0.3 is 0 Å². The molecule has 0 bridgehead atoms. The third-order valence-electron chi connectivity index (χ3n) is 4.10. The van der Waals surface area contributed by atoms with Crippen molar-refractivity contribution >= 4 is 32.9 Å². The molecular formula is C14H18BrFN4. The molecule has 1 fully saturated rings. The lowest BCUT2D eigenvalue weighted by Crippen LogP contribution is -2.32. The first-order valence-electron chi connectivity index (χ1n) is 6.84. The second-order valence-corrected chi connectivity index (χ2v) is 6.44. The largest absolute Gasteiger partial charge is 0.369 e. The first-order valence-corrected chi connectivity index (χ1v) is 7.63. The van der Waals surface area contributed by atoms with Gasteiger partial charge in [0, 0.05) is 12.6 Å². The van der Waals surface area contributed by atoms with Gasteiger partial charge in [0.25, 0.3) is 0 Å². The molecule has 2 heterocycles. The first kappa shape index (κ1) is 13.8. The van der Waals surface area contributed by atoms with Crippen LogP contribution in [-0.2, 0) is 6.54 Å². The minimum atomic E-state index is -0.304. The summed E-state index contributed by atoms with van der Waals surface area (Å²) in [6, 6.07) is 3.20. The van der Waals surface area contributed by atoms with Crippen LogP contribution in [0.3, 0.4) is 0 Å². The molecule has 0 radical (unpaired) electrons. The SMILES string of the molecule is CN1CCC(Cn2c(N)nc3cc(F)c(Br)cc32)CC1. The molecule has 1 aliphatic rings. The van der Waals surface area contributed by atoms with Gasteiger partial charge in [-0.25, -0.2) is 9.37 Å². The summed E-state index contributed by atoms with van der Waals surface area (Å²) >= 11 is 3.23. The van der Waals surface area contributed by atoms with E-state index in [4.69, 9.17) is 5.73 Å². The number of nitrogens with two attached hydrogens (primary N) is 1. The van der Waals surface area contributed by atoms with Crippen LogP contribution in [-0.4, -0.2) is 34.6 Å². The number of imidazole rings is 1. The Morgan fingerprint density at radius 3 is 2.80 bits per heavy atom. The Morgan fingerprint density at radius 1 is 1.40 bits per heavy atom. The number of hydrogen-bond donors (Lipinski definition) is 1. The van der Waals surface area contributed by atoms with Crippen LogP contribution in [0.25, 0.3) is 11.0 Å². The molecule has 0 spiro atoms. The van der Waals surface area contributed by atoms with Gasteiger partial charge in [-0.3, -0.25) is 0 Å². The number of piperidine rings is 1. The maximum Gasteiger partial charge on any atom is 0.201 e. The van der Waals surface area contributed by atoms with Crippen LogP contribution in [0.1, 0.15) is 12.8 Å². The van der Waals surface area contributed by atoms with Crippen molar-refractivity contribution in [3.8, 4) is 0 Å². The average molecular weight is 341 g/mol. The van der Waals surface area contributed by atoms with Crippen LogP contribution in [0.15, 0.2) is 16.6 Å². The van der Waals surface area contributed by atoms with E-state index < -0.39 is 0 Å². The molecule has 0 atom stereocenters. The summed E-state index contributed by atoms with van der Waals surface area (Å²) in [5, 5.41) is 0. The summed E-state index contributed by atoms with van der Waals surface area (Å²) in [6.07, 6.45) is 2.33. The fourth-order valence-electron chi connectivity index (χ4n) is 2.83. The molecule has 1 aliphatic heterocycles. The Hall–Kier alpha value is -1.14. The van der Waals surface area contributed by atoms with Gasteiger partial charge in [0.1, 0.15) is 5.82 Å². The van der Waals surface area contributed by atoms with Crippen LogP contribution < -0.4 is 5.73 Å². The summed E-state index contributed by atoms with van der Waals surface area (Å²) in [5.74, 6) is 0.771. The highest BCUT2D eigenvalue weighted by molar-refractivity contribution is 9.10. The highest BCUT2D eigenvalue weighted by atomic mass is 79.9. The molecule has 0 aliphatic carbocycles. The van der Waals surface area contributed by atoms with Crippen LogP contribution in [0, 0.1) is 11.7 Å². The lowest BCUT2D eigenvalue weighted by molar-refractivity contribution is 0.206. The van der Waals surface area contributed by atoms with Crippen molar-refractivity contribution in [1.82, 2.24) is 14.5 Å². The number of nitrogens with zero attached hydrogens (tertiary/aromatic N) is 3. The predicted octanol–water partition coefficient (Wildman–Crippen LogP) is 2.86. The highest BCUT2D eigenvalue weighted by Gasteiger charge is 2.20. The molecule has 4 nitrogen and oxygen atoms in total. The zero-order valence-corrected chi connectivity index (χ0v) is 13.0. The van der Waals surface area contributed by atoms with Crippen molar-refractivity contribution in [1.29, 1.82) is 0 Å². The Labute approximate surface area is 125 Å². The molecule has 1 aromatic carbocycles. The second kappa shape index (κ2) is 5.33. The first-order chi connectivity index (χ1) is 9.54. The van der Waals surface area contributed by atoms with Crippen LogP contribution in [0.5, 0.6) is 0 Å². The van der Waals surface area contributed by atoms with Crippen molar-refractivity contribution in [3.05, 3.63) is 22.4 Å². The van der Waals surface area contributed by atoms with E-state index >= 15 is 0 Å². The predicted molar refractivity (Wildman–Crippen MR) is 82.0 cm³/mol. The molecule has 2 N–H and O–H groups in total. The standard InChI is InChI=1S/C14H18BrFN4/c1-19-4-2-9(3-5-19)8-20-13-6-10(15)11(16)7-12(13)18-14(20)17/h6-7,9H,2-5,8H2,1H3,(H2,17,18). The molecule has 0 amide bonds. The molecule has 0 unspecified atom stereocenters. The molecule has 2 aromatic rings. The molecule has 3 rings (SSSR count). The van der Waals surface area contributed by atoms with Crippen molar-refractivity contribution in [2.45, 2.75) is 19.4 Å². The lowest BCUT2D eigenvalue weighted by Gasteiger charge is -2.29. The summed E-state index contributed by atoms with van der Waals surface area (Å²) in [7, 11) is 2.15. The number of fused-ring (bicyclic) bond motifs is 1. The molecule has 1 aromatic heterocycles. The minimum Gasteiger partial charge on any atom is -0.369 e. The van der Waals surface area contributed by atoms with Gasteiger partial charge in [-0.2, -0.15) is 0 Å². The Balaban J connectivity index is 1.91. The van der Waals surface area contributed by atoms with Gasteiger partial charge in [0.2, 0.25) is 5.95 Å². The van der Waals surface area contributed by atoms with Gasteiger partial charge < -0.3 is 15.2 Å². The Bertz CT molecular complexity index is 632. The van der Waals surface area contributed by atoms with Gasteiger partial charge in [0.05, 0.1) is 15.5 Å². The maximum atomic E-state index is 13.5. The zero-order chi connectivity index (χ0) is 14.3. The maximum absolute atomic E-state index is 13.5. The second-order valence-electron chi connectivity index (χ2n) is 5.58. The van der Waals surface area contributed by atoms with E-state index in [9.17, 15) is 4.39 Å². The summed E-state index contributed by atoms with van der Waals surface area (Å²) in [5.41, 5.74) is 7.52. The molecule has 1 saturated heterocycles. The Morgan fingerprint density at radius 2 is 2.10 bits per heavy atom. The van der Waals surface area contributed by atoms with Crippen molar-refractivity contribution < 1.29 is 4.39 Å². The molecule has 6 heteroatoms. The van der Waals surface area contributed by atoms with Crippen LogP contribution in [0.2, 0.25) is 0 Å².